The second-order valence-electron chi connectivity index (χ2n) is 4.80. The van der Waals surface area contributed by atoms with E-state index in [1.165, 1.54) is 12.8 Å². The van der Waals surface area contributed by atoms with Gasteiger partial charge in [-0.3, -0.25) is 0 Å². The van der Waals surface area contributed by atoms with Crippen molar-refractivity contribution < 1.29 is 5.11 Å². The monoisotopic (exact) mass is 219 g/mol. The molecule has 2 unspecified atom stereocenters. The van der Waals surface area contributed by atoms with E-state index in [9.17, 15) is 5.11 Å². The van der Waals surface area contributed by atoms with Crippen LogP contribution in [-0.4, -0.2) is 17.3 Å². The van der Waals surface area contributed by atoms with Crippen LogP contribution in [-0.2, 0) is 0 Å². The van der Waals surface area contributed by atoms with Crippen LogP contribution in [0.3, 0.4) is 0 Å². The van der Waals surface area contributed by atoms with Crippen LogP contribution < -0.4 is 5.32 Å². The highest BCUT2D eigenvalue weighted by molar-refractivity contribution is 5.46. The molecule has 2 N–H and O–H groups in total. The Labute approximate surface area is 97.7 Å². The van der Waals surface area contributed by atoms with Crippen molar-refractivity contribution in [2.75, 3.05) is 11.9 Å². The van der Waals surface area contributed by atoms with Crippen molar-refractivity contribution in [3.05, 3.63) is 30.3 Å². The molecule has 1 aromatic carbocycles. The Morgan fingerprint density at radius 2 is 2.12 bits per heavy atom. The summed E-state index contributed by atoms with van der Waals surface area (Å²) in [7, 11) is 0. The number of rotatable bonds is 4. The number of nitrogens with one attached hydrogen (secondary N) is 1. The zero-order valence-electron chi connectivity index (χ0n) is 9.95. The lowest BCUT2D eigenvalue weighted by Crippen LogP contribution is -2.45. The second-order valence-corrected chi connectivity index (χ2v) is 4.80. The number of anilines is 1. The number of benzene rings is 1. The fraction of sp³-hybridized carbons (Fsp3) is 0.571. The third kappa shape index (κ3) is 2.07. The fourth-order valence-electron chi connectivity index (χ4n) is 2.96. The van der Waals surface area contributed by atoms with E-state index in [0.29, 0.717) is 5.92 Å². The van der Waals surface area contributed by atoms with E-state index in [-0.39, 0.29) is 12.1 Å². The first-order valence-corrected chi connectivity index (χ1v) is 6.25. The lowest BCUT2D eigenvalue weighted by Gasteiger charge is -2.35. The van der Waals surface area contributed by atoms with Crippen LogP contribution in [0.15, 0.2) is 30.3 Å². The first-order valence-electron chi connectivity index (χ1n) is 6.25. The minimum absolute atomic E-state index is 0.0872. The van der Waals surface area contributed by atoms with Gasteiger partial charge in [0.1, 0.15) is 0 Å². The van der Waals surface area contributed by atoms with Gasteiger partial charge >= 0.3 is 0 Å². The summed E-state index contributed by atoms with van der Waals surface area (Å²) in [6.07, 6.45) is 4.67. The molecule has 1 saturated carbocycles. The topological polar surface area (TPSA) is 32.3 Å². The molecule has 1 aliphatic carbocycles. The van der Waals surface area contributed by atoms with E-state index < -0.39 is 0 Å². The van der Waals surface area contributed by atoms with Gasteiger partial charge in [0.05, 0.1) is 12.1 Å². The molecule has 0 heterocycles. The average Bonchev–Trinajstić information content (AvgIpc) is 2.74. The van der Waals surface area contributed by atoms with Gasteiger partial charge in [0.2, 0.25) is 0 Å². The van der Waals surface area contributed by atoms with Crippen LogP contribution in [0.4, 0.5) is 5.69 Å². The molecule has 16 heavy (non-hydrogen) atoms. The molecule has 0 bridgehead atoms. The molecule has 0 radical (unpaired) electrons. The molecule has 1 aliphatic rings. The van der Waals surface area contributed by atoms with Crippen LogP contribution in [0, 0.1) is 5.92 Å². The van der Waals surface area contributed by atoms with Crippen LogP contribution in [0.25, 0.3) is 0 Å². The van der Waals surface area contributed by atoms with Gasteiger partial charge in [-0.15, -0.1) is 0 Å². The second kappa shape index (κ2) is 4.88. The Morgan fingerprint density at radius 1 is 1.38 bits per heavy atom. The molecule has 1 fully saturated rings. The quantitative estimate of drug-likeness (QED) is 0.815. The molecular weight excluding hydrogens is 198 g/mol. The summed E-state index contributed by atoms with van der Waals surface area (Å²) in [4.78, 5) is 0. The van der Waals surface area contributed by atoms with Crippen molar-refractivity contribution in [1.29, 1.82) is 0 Å². The van der Waals surface area contributed by atoms with E-state index in [4.69, 9.17) is 0 Å². The summed E-state index contributed by atoms with van der Waals surface area (Å²) in [5.41, 5.74) is 1.03. The van der Waals surface area contributed by atoms with Crippen molar-refractivity contribution in [2.24, 2.45) is 5.92 Å². The molecule has 0 saturated heterocycles. The van der Waals surface area contributed by atoms with E-state index in [0.717, 1.165) is 18.5 Å². The highest BCUT2D eigenvalue weighted by Crippen LogP contribution is 2.39. The van der Waals surface area contributed by atoms with Gasteiger partial charge in [-0.2, -0.15) is 0 Å². The van der Waals surface area contributed by atoms with E-state index in [1.54, 1.807) is 0 Å². The van der Waals surface area contributed by atoms with E-state index in [1.807, 2.05) is 18.2 Å². The SMILES string of the molecule is CCC1CCCC1(CO)Nc1ccccc1. The van der Waals surface area contributed by atoms with Gasteiger partial charge in [-0.25, -0.2) is 0 Å². The number of para-hydroxylation sites is 1. The zero-order chi connectivity index (χ0) is 11.4. The number of aliphatic hydroxyl groups is 1. The van der Waals surface area contributed by atoms with Crippen molar-refractivity contribution in [3.8, 4) is 0 Å². The summed E-state index contributed by atoms with van der Waals surface area (Å²) >= 11 is 0. The smallest absolute Gasteiger partial charge is 0.0664 e. The Balaban J connectivity index is 2.16. The van der Waals surface area contributed by atoms with Gasteiger partial charge in [-0.1, -0.05) is 38.0 Å². The standard InChI is InChI=1S/C14H21NO/c1-2-12-7-6-10-14(12,11-16)15-13-8-4-3-5-9-13/h3-5,8-9,12,15-16H,2,6-7,10-11H2,1H3. The number of hydrogen-bond donors (Lipinski definition) is 2. The molecule has 0 aromatic heterocycles. The third-order valence-electron chi connectivity index (χ3n) is 3.90. The Kier molecular flexibility index (Phi) is 3.49. The lowest BCUT2D eigenvalue weighted by atomic mass is 9.85. The van der Waals surface area contributed by atoms with Gasteiger partial charge in [-0.05, 0) is 30.9 Å². The van der Waals surface area contributed by atoms with Crippen molar-refractivity contribution in [2.45, 2.75) is 38.1 Å². The minimum Gasteiger partial charge on any atom is -0.394 e. The van der Waals surface area contributed by atoms with Gasteiger partial charge in [0, 0.05) is 5.69 Å². The largest absolute Gasteiger partial charge is 0.394 e. The predicted octanol–water partition coefficient (Wildman–Crippen LogP) is 3.04. The number of aliphatic hydroxyl groups excluding tert-OH is 1. The Morgan fingerprint density at radius 3 is 2.75 bits per heavy atom. The molecule has 2 rings (SSSR count). The lowest BCUT2D eigenvalue weighted by molar-refractivity contribution is 0.174. The van der Waals surface area contributed by atoms with Crippen LogP contribution >= 0.6 is 0 Å². The molecule has 0 spiro atoms. The van der Waals surface area contributed by atoms with Gasteiger partial charge in [0.25, 0.3) is 0 Å². The highest BCUT2D eigenvalue weighted by Gasteiger charge is 2.41. The summed E-state index contributed by atoms with van der Waals surface area (Å²) in [6, 6.07) is 10.2. The molecule has 0 amide bonds. The molecule has 88 valence electrons. The van der Waals surface area contributed by atoms with Crippen LogP contribution in [0.2, 0.25) is 0 Å². The van der Waals surface area contributed by atoms with Crippen LogP contribution in [0.5, 0.6) is 0 Å². The molecule has 1 aromatic rings. The summed E-state index contributed by atoms with van der Waals surface area (Å²) in [6.45, 7) is 2.45. The predicted molar refractivity (Wildman–Crippen MR) is 67.5 cm³/mol. The maximum Gasteiger partial charge on any atom is 0.0664 e. The normalized spacial score (nSPS) is 29.2. The highest BCUT2D eigenvalue weighted by atomic mass is 16.3. The van der Waals surface area contributed by atoms with Gasteiger partial charge in [0.15, 0.2) is 0 Å². The third-order valence-corrected chi connectivity index (χ3v) is 3.90. The summed E-state index contributed by atoms with van der Waals surface area (Å²) in [5, 5.41) is 13.3. The maximum absolute atomic E-state index is 9.72. The van der Waals surface area contributed by atoms with Crippen molar-refractivity contribution in [1.82, 2.24) is 0 Å². The molecule has 2 atom stereocenters. The average molecular weight is 219 g/mol. The molecule has 2 heteroatoms. The fourth-order valence-corrected chi connectivity index (χ4v) is 2.96. The first-order chi connectivity index (χ1) is 7.80. The summed E-state index contributed by atoms with van der Waals surface area (Å²) in [5.74, 6) is 0.595. The summed E-state index contributed by atoms with van der Waals surface area (Å²) < 4.78 is 0. The first kappa shape index (κ1) is 11.5. The minimum atomic E-state index is -0.0872. The van der Waals surface area contributed by atoms with Crippen molar-refractivity contribution >= 4 is 5.69 Å². The van der Waals surface area contributed by atoms with Crippen LogP contribution in [0.1, 0.15) is 32.6 Å². The van der Waals surface area contributed by atoms with E-state index >= 15 is 0 Å². The molecule has 2 nitrogen and oxygen atoms in total. The molecular formula is C14H21NO. The number of hydrogen-bond acceptors (Lipinski definition) is 2. The zero-order valence-corrected chi connectivity index (χ0v) is 9.95. The van der Waals surface area contributed by atoms with E-state index in [2.05, 4.69) is 24.4 Å². The van der Waals surface area contributed by atoms with Crippen molar-refractivity contribution in [3.63, 3.8) is 0 Å². The Hall–Kier alpha value is -1.02. The molecule has 0 aliphatic heterocycles. The van der Waals surface area contributed by atoms with Gasteiger partial charge < -0.3 is 10.4 Å². The Bertz CT molecular complexity index is 325. The maximum atomic E-state index is 9.72.